The van der Waals surface area contributed by atoms with Crippen LogP contribution in [0.25, 0.3) is 21.1 Å². The van der Waals surface area contributed by atoms with Crippen LogP contribution in [0.15, 0.2) is 57.8 Å². The molecule has 0 aliphatic carbocycles. The van der Waals surface area contributed by atoms with Crippen molar-refractivity contribution >= 4 is 44.5 Å². The predicted octanol–water partition coefficient (Wildman–Crippen LogP) is 5.83. The van der Waals surface area contributed by atoms with Gasteiger partial charge in [-0.2, -0.15) is 0 Å². The third kappa shape index (κ3) is 4.83. The Balaban J connectivity index is 1.41. The number of hydrogen-bond donors (Lipinski definition) is 2. The number of thiazole rings is 1. The zero-order valence-corrected chi connectivity index (χ0v) is 18.9. The van der Waals surface area contributed by atoms with Gasteiger partial charge in [0.1, 0.15) is 10.8 Å². The first-order chi connectivity index (χ1) is 14.1. The highest BCUT2D eigenvalue weighted by Gasteiger charge is 2.18. The molecule has 3 heterocycles. The number of halogens is 1. The van der Waals surface area contributed by atoms with Crippen LogP contribution in [0.1, 0.15) is 30.9 Å². The van der Waals surface area contributed by atoms with E-state index in [4.69, 9.17) is 0 Å². The number of nitrogens with one attached hydrogen (secondary N) is 2. The van der Waals surface area contributed by atoms with Gasteiger partial charge in [0.15, 0.2) is 0 Å². The molecule has 148 valence electrons. The molecule has 5 nitrogen and oxygen atoms in total. The first-order valence-corrected chi connectivity index (χ1v) is 11.8. The van der Waals surface area contributed by atoms with Gasteiger partial charge < -0.3 is 10.3 Å². The maximum atomic E-state index is 12.6. The Morgan fingerprint density at radius 3 is 2.79 bits per heavy atom. The van der Waals surface area contributed by atoms with Gasteiger partial charge in [0.05, 0.1) is 34.9 Å². The summed E-state index contributed by atoms with van der Waals surface area (Å²) in [5.74, 6) is 0.709. The van der Waals surface area contributed by atoms with Crippen LogP contribution >= 0.6 is 38.6 Å². The van der Waals surface area contributed by atoms with Gasteiger partial charge in [-0.25, -0.2) is 9.97 Å². The van der Waals surface area contributed by atoms with Crippen LogP contribution in [0.2, 0.25) is 0 Å². The summed E-state index contributed by atoms with van der Waals surface area (Å²) in [4.78, 5) is 26.1. The Bertz CT molecular complexity index is 1100. The van der Waals surface area contributed by atoms with Gasteiger partial charge >= 0.3 is 0 Å². The number of hydrogen-bond acceptors (Lipinski definition) is 5. The van der Waals surface area contributed by atoms with E-state index in [1.165, 1.54) is 0 Å². The molecule has 29 heavy (non-hydrogen) atoms. The van der Waals surface area contributed by atoms with Crippen LogP contribution in [0.3, 0.4) is 0 Å². The number of imidazole rings is 1. The van der Waals surface area contributed by atoms with Crippen molar-refractivity contribution in [1.29, 1.82) is 0 Å². The molecule has 4 rings (SSSR count). The summed E-state index contributed by atoms with van der Waals surface area (Å²) in [5.41, 5.74) is 2.80. The quantitative estimate of drug-likeness (QED) is 0.344. The second kappa shape index (κ2) is 9.02. The molecular formula is C21H19BrN4OS2. The Morgan fingerprint density at radius 2 is 2.07 bits per heavy atom. The Kier molecular flexibility index (Phi) is 6.22. The molecule has 3 aromatic heterocycles. The van der Waals surface area contributed by atoms with Gasteiger partial charge in [0.2, 0.25) is 5.91 Å². The summed E-state index contributed by atoms with van der Waals surface area (Å²) in [5, 5.41) is 7.99. The molecule has 0 aliphatic rings. The van der Waals surface area contributed by atoms with E-state index in [9.17, 15) is 4.79 Å². The van der Waals surface area contributed by atoms with E-state index in [-0.39, 0.29) is 18.4 Å². The smallest absolute Gasteiger partial charge is 0.226 e. The van der Waals surface area contributed by atoms with Crippen LogP contribution in [-0.4, -0.2) is 20.9 Å². The summed E-state index contributed by atoms with van der Waals surface area (Å²) in [7, 11) is 0. The van der Waals surface area contributed by atoms with Crippen molar-refractivity contribution < 1.29 is 4.79 Å². The number of carbonyl (C=O) groups excluding carboxylic acids is 1. The number of rotatable bonds is 7. The van der Waals surface area contributed by atoms with Crippen LogP contribution in [0.4, 0.5) is 0 Å². The number of benzene rings is 1. The highest BCUT2D eigenvalue weighted by Crippen LogP contribution is 2.32. The van der Waals surface area contributed by atoms with E-state index >= 15 is 0 Å². The van der Waals surface area contributed by atoms with E-state index in [1.54, 1.807) is 22.7 Å². The second-order valence-corrected chi connectivity index (χ2v) is 9.21. The highest BCUT2D eigenvalue weighted by atomic mass is 79.9. The molecule has 1 atom stereocenters. The molecule has 0 fully saturated rings. The molecule has 8 heteroatoms. The Hall–Kier alpha value is -2.29. The third-order valence-electron chi connectivity index (χ3n) is 4.43. The van der Waals surface area contributed by atoms with E-state index in [2.05, 4.69) is 36.2 Å². The molecule has 2 N–H and O–H groups in total. The molecule has 0 bridgehead atoms. The standard InChI is InChI=1S/C21H19BrN4OS2/c1-2-16(20-23-10-17(26-20)13-6-4-3-5-7-13)25-19(27)9-15-12-29-21(24-15)18-8-14(22)11-28-18/h3-8,10-12,16H,2,9H2,1H3,(H,23,26)(H,25,27). The minimum atomic E-state index is -0.161. The van der Waals surface area contributed by atoms with Gasteiger partial charge in [-0.05, 0) is 34.0 Å². The van der Waals surface area contributed by atoms with Gasteiger partial charge in [0.25, 0.3) is 0 Å². The molecule has 1 amide bonds. The summed E-state index contributed by atoms with van der Waals surface area (Å²) in [6.45, 7) is 2.03. The second-order valence-electron chi connectivity index (χ2n) is 6.53. The maximum absolute atomic E-state index is 12.6. The van der Waals surface area contributed by atoms with Crippen molar-refractivity contribution in [2.24, 2.45) is 0 Å². The van der Waals surface area contributed by atoms with Crippen molar-refractivity contribution in [3.63, 3.8) is 0 Å². The molecule has 4 aromatic rings. The van der Waals surface area contributed by atoms with Crippen molar-refractivity contribution in [1.82, 2.24) is 20.3 Å². The lowest BCUT2D eigenvalue weighted by Crippen LogP contribution is -2.30. The van der Waals surface area contributed by atoms with Gasteiger partial charge in [0, 0.05) is 15.2 Å². The number of H-pyrrole nitrogens is 1. The molecule has 1 aromatic carbocycles. The Morgan fingerprint density at radius 1 is 1.24 bits per heavy atom. The number of amides is 1. The monoisotopic (exact) mass is 486 g/mol. The lowest BCUT2D eigenvalue weighted by molar-refractivity contribution is -0.121. The molecule has 0 saturated carbocycles. The molecule has 0 aliphatic heterocycles. The zero-order chi connectivity index (χ0) is 20.2. The Labute approximate surface area is 185 Å². The summed E-state index contributed by atoms with van der Waals surface area (Å²) in [6.07, 6.45) is 2.82. The summed E-state index contributed by atoms with van der Waals surface area (Å²) in [6, 6.07) is 11.9. The van der Waals surface area contributed by atoms with Crippen LogP contribution in [-0.2, 0) is 11.2 Å². The maximum Gasteiger partial charge on any atom is 0.226 e. The lowest BCUT2D eigenvalue weighted by atomic mass is 10.2. The first kappa shape index (κ1) is 20.0. The van der Waals surface area contributed by atoms with E-state index in [1.807, 2.05) is 60.3 Å². The van der Waals surface area contributed by atoms with Crippen LogP contribution in [0.5, 0.6) is 0 Å². The highest BCUT2D eigenvalue weighted by molar-refractivity contribution is 9.10. The molecular weight excluding hydrogens is 468 g/mol. The van der Waals surface area contributed by atoms with Crippen molar-refractivity contribution in [3.8, 4) is 21.1 Å². The van der Waals surface area contributed by atoms with E-state index in [0.717, 1.165) is 43.6 Å². The number of carbonyl (C=O) groups is 1. The van der Waals surface area contributed by atoms with Crippen molar-refractivity contribution in [2.45, 2.75) is 25.8 Å². The SMILES string of the molecule is CCC(NC(=O)Cc1csc(-c2cc(Br)cs2)n1)c1ncc(-c2ccccc2)[nH]1. The van der Waals surface area contributed by atoms with E-state index in [0.29, 0.717) is 0 Å². The van der Waals surface area contributed by atoms with Crippen LogP contribution in [0, 0.1) is 0 Å². The van der Waals surface area contributed by atoms with E-state index < -0.39 is 0 Å². The minimum absolute atomic E-state index is 0.0567. The number of aromatic amines is 1. The first-order valence-electron chi connectivity index (χ1n) is 9.21. The fourth-order valence-electron chi connectivity index (χ4n) is 2.98. The van der Waals surface area contributed by atoms with Crippen LogP contribution < -0.4 is 5.32 Å². The topological polar surface area (TPSA) is 70.7 Å². The van der Waals surface area contributed by atoms with Gasteiger partial charge in [-0.3, -0.25) is 4.79 Å². The molecule has 1 unspecified atom stereocenters. The van der Waals surface area contributed by atoms with Gasteiger partial charge in [-0.1, -0.05) is 37.3 Å². The fourth-order valence-corrected chi connectivity index (χ4v) is 5.31. The summed E-state index contributed by atoms with van der Waals surface area (Å²) >= 11 is 6.66. The van der Waals surface area contributed by atoms with Gasteiger partial charge in [-0.15, -0.1) is 22.7 Å². The average molecular weight is 487 g/mol. The fraction of sp³-hybridized carbons (Fsp3) is 0.190. The molecule has 0 saturated heterocycles. The minimum Gasteiger partial charge on any atom is -0.346 e. The van der Waals surface area contributed by atoms with Crippen molar-refractivity contribution in [3.05, 3.63) is 69.3 Å². The molecule has 0 spiro atoms. The normalized spacial score (nSPS) is 12.1. The lowest BCUT2D eigenvalue weighted by Gasteiger charge is -2.14. The molecule has 0 radical (unpaired) electrons. The average Bonchev–Trinajstić information content (AvgIpc) is 3.47. The zero-order valence-electron chi connectivity index (χ0n) is 15.7. The summed E-state index contributed by atoms with van der Waals surface area (Å²) < 4.78 is 1.05. The largest absolute Gasteiger partial charge is 0.346 e. The number of aromatic nitrogens is 3. The number of nitrogens with zero attached hydrogens (tertiary/aromatic N) is 2. The number of thiophene rings is 1. The third-order valence-corrected chi connectivity index (χ3v) is 7.18. The van der Waals surface area contributed by atoms with Crippen molar-refractivity contribution in [2.75, 3.05) is 0 Å². The predicted molar refractivity (Wildman–Crippen MR) is 122 cm³/mol.